The quantitative estimate of drug-likeness (QED) is 0.659. The van der Waals surface area contributed by atoms with Crippen LogP contribution in [0.1, 0.15) is 16.1 Å². The second-order valence-corrected chi connectivity index (χ2v) is 4.76. The van der Waals surface area contributed by atoms with Crippen LogP contribution in [0.25, 0.3) is 0 Å². The molecule has 1 atom stereocenters. The van der Waals surface area contributed by atoms with Crippen LogP contribution in [0.2, 0.25) is 0 Å². The van der Waals surface area contributed by atoms with Crippen molar-refractivity contribution < 1.29 is 4.79 Å². The van der Waals surface area contributed by atoms with E-state index in [4.69, 9.17) is 17.2 Å². The van der Waals surface area contributed by atoms with E-state index in [1.54, 1.807) is 6.07 Å². The van der Waals surface area contributed by atoms with Crippen LogP contribution in [0.4, 0.5) is 10.7 Å². The molecular weight excluding hydrogens is 212 g/mol. The molecule has 0 aromatic carbocycles. The number of hydrogen-bond donors (Lipinski definition) is 3. The van der Waals surface area contributed by atoms with Gasteiger partial charge in [0.05, 0.1) is 10.7 Å². The largest absolute Gasteiger partial charge is 0.397 e. The lowest BCUT2D eigenvalue weighted by molar-refractivity contribution is 0.100. The third-order valence-corrected chi connectivity index (χ3v) is 3.73. The summed E-state index contributed by atoms with van der Waals surface area (Å²) in [5, 5.41) is 0.981. The molecule has 0 radical (unpaired) electrons. The van der Waals surface area contributed by atoms with Crippen LogP contribution in [0.15, 0.2) is 6.07 Å². The summed E-state index contributed by atoms with van der Waals surface area (Å²) in [7, 11) is 0. The van der Waals surface area contributed by atoms with E-state index >= 15 is 0 Å². The molecule has 15 heavy (non-hydrogen) atoms. The minimum atomic E-state index is -0.466. The van der Waals surface area contributed by atoms with Gasteiger partial charge in [-0.3, -0.25) is 4.79 Å². The molecule has 2 rings (SSSR count). The third kappa shape index (κ3) is 1.91. The van der Waals surface area contributed by atoms with Gasteiger partial charge in [0.2, 0.25) is 0 Å². The number of primary amides is 1. The Hall–Kier alpha value is -1.27. The molecular formula is C9H14N4OS. The van der Waals surface area contributed by atoms with E-state index in [2.05, 4.69) is 4.90 Å². The van der Waals surface area contributed by atoms with Gasteiger partial charge in [0.1, 0.15) is 4.88 Å². The number of hydrogen-bond acceptors (Lipinski definition) is 5. The fourth-order valence-corrected chi connectivity index (χ4v) is 2.69. The molecule has 1 fully saturated rings. The Bertz CT molecular complexity index is 389. The second kappa shape index (κ2) is 3.71. The predicted molar refractivity (Wildman–Crippen MR) is 62.1 cm³/mol. The van der Waals surface area contributed by atoms with E-state index in [-0.39, 0.29) is 6.04 Å². The number of thiophene rings is 1. The van der Waals surface area contributed by atoms with Crippen molar-refractivity contribution in [2.45, 2.75) is 12.5 Å². The van der Waals surface area contributed by atoms with E-state index in [0.29, 0.717) is 10.6 Å². The van der Waals surface area contributed by atoms with Gasteiger partial charge in [0.25, 0.3) is 5.91 Å². The minimum absolute atomic E-state index is 0.213. The summed E-state index contributed by atoms with van der Waals surface area (Å²) in [5.74, 6) is -0.466. The highest BCUT2D eigenvalue weighted by molar-refractivity contribution is 7.18. The molecule has 6 N–H and O–H groups in total. The van der Waals surface area contributed by atoms with Gasteiger partial charge in [-0.2, -0.15) is 0 Å². The van der Waals surface area contributed by atoms with Crippen molar-refractivity contribution in [3.63, 3.8) is 0 Å². The number of carbonyl (C=O) groups excluding carboxylic acids is 1. The average molecular weight is 226 g/mol. The molecule has 1 amide bonds. The summed E-state index contributed by atoms with van der Waals surface area (Å²) < 4.78 is 0. The van der Waals surface area contributed by atoms with Gasteiger partial charge < -0.3 is 22.1 Å². The summed E-state index contributed by atoms with van der Waals surface area (Å²) in [6.07, 6.45) is 0.976. The van der Waals surface area contributed by atoms with Gasteiger partial charge >= 0.3 is 0 Å². The van der Waals surface area contributed by atoms with Crippen molar-refractivity contribution in [2.24, 2.45) is 11.5 Å². The maximum Gasteiger partial charge on any atom is 0.260 e. The zero-order chi connectivity index (χ0) is 11.0. The Labute approximate surface area is 91.8 Å². The Morgan fingerprint density at radius 1 is 1.60 bits per heavy atom. The molecule has 1 saturated heterocycles. The third-order valence-electron chi connectivity index (χ3n) is 2.51. The van der Waals surface area contributed by atoms with E-state index in [1.807, 2.05) is 0 Å². The van der Waals surface area contributed by atoms with Crippen molar-refractivity contribution in [3.8, 4) is 0 Å². The van der Waals surface area contributed by atoms with Crippen LogP contribution < -0.4 is 22.1 Å². The van der Waals surface area contributed by atoms with Crippen molar-refractivity contribution in [3.05, 3.63) is 10.9 Å². The Morgan fingerprint density at radius 3 is 2.80 bits per heavy atom. The van der Waals surface area contributed by atoms with Crippen LogP contribution in [-0.4, -0.2) is 25.0 Å². The maximum absolute atomic E-state index is 11.0. The van der Waals surface area contributed by atoms with Gasteiger partial charge in [0, 0.05) is 19.1 Å². The first kappa shape index (κ1) is 10.3. The molecule has 0 bridgehead atoms. The van der Waals surface area contributed by atoms with E-state index in [0.717, 1.165) is 24.5 Å². The van der Waals surface area contributed by atoms with Crippen LogP contribution in [0.3, 0.4) is 0 Å². The zero-order valence-corrected chi connectivity index (χ0v) is 9.09. The fourth-order valence-electron chi connectivity index (χ4n) is 1.73. The zero-order valence-electron chi connectivity index (χ0n) is 8.27. The summed E-state index contributed by atoms with van der Waals surface area (Å²) in [6.45, 7) is 1.73. The summed E-state index contributed by atoms with van der Waals surface area (Å²) >= 11 is 1.34. The molecule has 1 unspecified atom stereocenters. The predicted octanol–water partition coefficient (Wildman–Crippen LogP) is -0.0334. The number of nitrogens with two attached hydrogens (primary N) is 3. The number of amides is 1. The summed E-state index contributed by atoms with van der Waals surface area (Å²) in [5.41, 5.74) is 17.2. The van der Waals surface area contributed by atoms with Crippen molar-refractivity contribution >= 4 is 27.9 Å². The lowest BCUT2D eigenvalue weighted by Crippen LogP contribution is -2.25. The summed E-state index contributed by atoms with van der Waals surface area (Å²) in [4.78, 5) is 13.6. The Balaban J connectivity index is 2.23. The Kier molecular flexibility index (Phi) is 2.54. The number of rotatable bonds is 2. The lowest BCUT2D eigenvalue weighted by atomic mass is 10.3. The molecule has 1 aromatic heterocycles. The van der Waals surface area contributed by atoms with E-state index in [9.17, 15) is 4.79 Å². The van der Waals surface area contributed by atoms with Gasteiger partial charge in [-0.1, -0.05) is 0 Å². The Morgan fingerprint density at radius 2 is 2.33 bits per heavy atom. The molecule has 0 saturated carbocycles. The van der Waals surface area contributed by atoms with Gasteiger partial charge in [0.15, 0.2) is 0 Å². The van der Waals surface area contributed by atoms with Crippen LogP contribution in [0.5, 0.6) is 0 Å². The molecule has 0 aliphatic carbocycles. The molecule has 0 spiro atoms. The number of nitrogens with zero attached hydrogens (tertiary/aromatic N) is 1. The first-order valence-corrected chi connectivity index (χ1v) is 5.59. The second-order valence-electron chi connectivity index (χ2n) is 3.73. The van der Waals surface area contributed by atoms with Gasteiger partial charge in [-0.15, -0.1) is 11.3 Å². The van der Waals surface area contributed by atoms with Crippen LogP contribution in [0, 0.1) is 0 Å². The molecule has 5 nitrogen and oxygen atoms in total. The number of nitrogen functional groups attached to an aromatic ring is 1. The minimum Gasteiger partial charge on any atom is -0.397 e. The first-order valence-electron chi connectivity index (χ1n) is 4.77. The van der Waals surface area contributed by atoms with E-state index < -0.39 is 5.91 Å². The molecule has 6 heteroatoms. The summed E-state index contributed by atoms with van der Waals surface area (Å²) in [6, 6.07) is 2.01. The number of anilines is 2. The SMILES string of the molecule is NC(=O)c1sc(N2CCC(N)C2)cc1N. The van der Waals surface area contributed by atoms with Crippen LogP contribution >= 0.6 is 11.3 Å². The average Bonchev–Trinajstić information content (AvgIpc) is 2.71. The highest BCUT2D eigenvalue weighted by Crippen LogP contribution is 2.33. The molecule has 2 heterocycles. The highest BCUT2D eigenvalue weighted by atomic mass is 32.1. The van der Waals surface area contributed by atoms with Crippen molar-refractivity contribution in [2.75, 3.05) is 23.7 Å². The first-order chi connectivity index (χ1) is 7.08. The normalized spacial score (nSPS) is 20.9. The molecule has 1 aliphatic heterocycles. The molecule has 1 aromatic rings. The lowest BCUT2D eigenvalue weighted by Gasteiger charge is -2.14. The van der Waals surface area contributed by atoms with Crippen LogP contribution in [-0.2, 0) is 0 Å². The smallest absolute Gasteiger partial charge is 0.260 e. The van der Waals surface area contributed by atoms with Gasteiger partial charge in [-0.25, -0.2) is 0 Å². The topological polar surface area (TPSA) is 98.4 Å². The van der Waals surface area contributed by atoms with Crippen molar-refractivity contribution in [1.29, 1.82) is 0 Å². The number of carbonyl (C=O) groups is 1. The maximum atomic E-state index is 11.0. The standard InChI is InChI=1S/C9H14N4OS/c10-5-1-2-13(4-5)7-3-6(11)8(15-7)9(12)14/h3,5H,1-2,4,10-11H2,(H2,12,14). The van der Waals surface area contributed by atoms with Gasteiger partial charge in [-0.05, 0) is 12.5 Å². The monoisotopic (exact) mass is 226 g/mol. The highest BCUT2D eigenvalue weighted by Gasteiger charge is 2.22. The fraction of sp³-hybridized carbons (Fsp3) is 0.444. The van der Waals surface area contributed by atoms with Crippen molar-refractivity contribution in [1.82, 2.24) is 0 Å². The molecule has 1 aliphatic rings. The molecule has 82 valence electrons. The van der Waals surface area contributed by atoms with E-state index in [1.165, 1.54) is 11.3 Å².